The Kier molecular flexibility index (Phi) is 19.1. The summed E-state index contributed by atoms with van der Waals surface area (Å²) in [4.78, 5) is 96.6. The van der Waals surface area contributed by atoms with Gasteiger partial charge in [-0.05, 0) is 74.1 Å². The Balaban J connectivity index is 1.41. The molecule has 0 saturated heterocycles. The van der Waals surface area contributed by atoms with E-state index in [0.717, 1.165) is 29.0 Å². The summed E-state index contributed by atoms with van der Waals surface area (Å²) in [5.74, 6) is -3.87. The predicted octanol–water partition coefficient (Wildman–Crippen LogP) is 7.30. The third-order valence-corrected chi connectivity index (χ3v) is 10.2. The number of carbonyl (C=O) groups is 7. The number of ketones is 1. The van der Waals surface area contributed by atoms with Crippen LogP contribution in [0.4, 0.5) is 0 Å². The topological polar surface area (TPSA) is 200 Å². The Morgan fingerprint density at radius 2 is 1.56 bits per heavy atom. The van der Waals surface area contributed by atoms with Gasteiger partial charge in [0.05, 0.1) is 36.4 Å². The van der Waals surface area contributed by atoms with Crippen LogP contribution in [0, 0.1) is 5.92 Å². The Morgan fingerprint density at radius 3 is 2.22 bits per heavy atom. The molecule has 15 nitrogen and oxygen atoms in total. The molecule has 0 bridgehead atoms. The highest BCUT2D eigenvalue weighted by atomic mass is 16.7. The van der Waals surface area contributed by atoms with Gasteiger partial charge >= 0.3 is 11.9 Å². The maximum atomic E-state index is 13.7. The maximum absolute atomic E-state index is 13.7. The minimum Gasteiger partial charge on any atom is -0.493 e. The minimum absolute atomic E-state index is 0.0297. The molecule has 3 atom stereocenters. The van der Waals surface area contributed by atoms with Crippen molar-refractivity contribution < 1.29 is 52.3 Å². The highest BCUT2D eigenvalue weighted by molar-refractivity contribution is 6.00. The molecular weight excluding hydrogens is 809 g/mol. The van der Waals surface area contributed by atoms with Gasteiger partial charge in [-0.2, -0.15) is 5.06 Å². The first-order chi connectivity index (χ1) is 30.3. The number of nitrogens with zero attached hydrogens (tertiary/aromatic N) is 1. The second-order valence-electron chi connectivity index (χ2n) is 15.2. The van der Waals surface area contributed by atoms with Crippen LogP contribution in [0.2, 0.25) is 0 Å². The summed E-state index contributed by atoms with van der Waals surface area (Å²) in [5.41, 5.74) is 2.41. The lowest BCUT2D eigenvalue weighted by atomic mass is 9.90. The molecule has 0 saturated carbocycles. The quantitative estimate of drug-likeness (QED) is 0.0199. The highest BCUT2D eigenvalue weighted by Gasteiger charge is 2.34. The number of hydrogen-bond acceptors (Lipinski definition) is 11. The number of carbonyl (C=O) groups excluding carboxylic acids is 7. The van der Waals surface area contributed by atoms with E-state index >= 15 is 0 Å². The minimum atomic E-state index is -1.24. The van der Waals surface area contributed by atoms with Gasteiger partial charge in [0.2, 0.25) is 12.3 Å². The van der Waals surface area contributed by atoms with Gasteiger partial charge in [-0.25, -0.2) is 9.59 Å². The Hall–Kier alpha value is -6.77. The Labute approximate surface area is 368 Å². The lowest BCUT2D eigenvalue weighted by Gasteiger charge is -2.32. The summed E-state index contributed by atoms with van der Waals surface area (Å²) in [6.07, 6.45) is 3.28. The largest absolute Gasteiger partial charge is 0.493 e. The highest BCUT2D eigenvalue weighted by Crippen LogP contribution is 2.30. The zero-order valence-corrected chi connectivity index (χ0v) is 36.8. The van der Waals surface area contributed by atoms with Gasteiger partial charge in [-0.1, -0.05) is 102 Å². The van der Waals surface area contributed by atoms with Crippen LogP contribution in [0.1, 0.15) is 128 Å². The average molecular weight is 867 g/mol. The molecule has 3 aromatic carbocycles. The van der Waals surface area contributed by atoms with Crippen molar-refractivity contribution in [3.05, 3.63) is 113 Å². The predicted molar refractivity (Wildman–Crippen MR) is 234 cm³/mol. The molecule has 4 aromatic rings. The van der Waals surface area contributed by atoms with Crippen LogP contribution in [0.25, 0.3) is 11.3 Å². The van der Waals surface area contributed by atoms with E-state index in [1.807, 2.05) is 39.0 Å². The van der Waals surface area contributed by atoms with Crippen molar-refractivity contribution in [2.75, 3.05) is 13.3 Å². The fourth-order valence-corrected chi connectivity index (χ4v) is 6.98. The number of ether oxygens (including phenoxy) is 2. The van der Waals surface area contributed by atoms with Crippen LogP contribution in [0.3, 0.4) is 0 Å². The van der Waals surface area contributed by atoms with Crippen LogP contribution in [0.15, 0.2) is 89.3 Å². The van der Waals surface area contributed by atoms with Crippen LogP contribution in [-0.2, 0) is 35.4 Å². The smallest absolute Gasteiger partial charge is 0.363 e. The third kappa shape index (κ3) is 14.1. The molecule has 1 aromatic heterocycles. The molecule has 0 radical (unpaired) electrons. The van der Waals surface area contributed by atoms with Crippen molar-refractivity contribution >= 4 is 41.9 Å². The van der Waals surface area contributed by atoms with Crippen molar-refractivity contribution in [3.8, 4) is 17.1 Å². The number of hydrogen-bond donors (Lipinski definition) is 3. The summed E-state index contributed by atoms with van der Waals surface area (Å²) in [7, 11) is 0. The zero-order valence-electron chi connectivity index (χ0n) is 36.8. The van der Waals surface area contributed by atoms with E-state index in [2.05, 4.69) is 16.0 Å². The first-order valence-electron chi connectivity index (χ1n) is 21.3. The average Bonchev–Trinajstić information content (AvgIpc) is 3.78. The molecule has 0 unspecified atom stereocenters. The van der Waals surface area contributed by atoms with E-state index in [9.17, 15) is 33.6 Å². The normalized spacial score (nSPS) is 12.3. The van der Waals surface area contributed by atoms with Gasteiger partial charge in [0.15, 0.2) is 5.76 Å². The van der Waals surface area contributed by atoms with E-state index in [1.54, 1.807) is 68.4 Å². The maximum Gasteiger partial charge on any atom is 0.363 e. The number of furan rings is 1. The van der Waals surface area contributed by atoms with E-state index in [4.69, 9.17) is 18.7 Å². The molecule has 15 heteroatoms. The van der Waals surface area contributed by atoms with Crippen LogP contribution >= 0.6 is 0 Å². The molecule has 4 rings (SSSR count). The van der Waals surface area contributed by atoms with Crippen molar-refractivity contribution in [2.45, 2.75) is 105 Å². The van der Waals surface area contributed by atoms with Crippen LogP contribution in [0.5, 0.6) is 5.75 Å². The number of hydroxylamine groups is 2. The summed E-state index contributed by atoms with van der Waals surface area (Å²) < 4.78 is 17.0. The SMILES string of the molecule is CCCCC[C@@H](C(=O)NCNC(=O)c1ccc(-c2ccc(C(=O)N[C@@H](CC(C)=O)C(=O)OCc3ccccc3)c(OCC)c2)o1)[C@@H](CC)N(C=O)OC(=O)c1ccccc1C(C)C. The number of amides is 4. The lowest BCUT2D eigenvalue weighted by molar-refractivity contribution is -0.171. The molecule has 0 aliphatic rings. The van der Waals surface area contributed by atoms with Gasteiger partial charge in [0.1, 0.15) is 29.9 Å². The molecule has 0 aliphatic carbocycles. The number of rotatable bonds is 25. The van der Waals surface area contributed by atoms with E-state index in [-0.39, 0.29) is 60.8 Å². The van der Waals surface area contributed by atoms with Gasteiger partial charge in [-0.3, -0.25) is 24.0 Å². The molecule has 0 fully saturated rings. The summed E-state index contributed by atoms with van der Waals surface area (Å²) in [6.45, 7) is 10.7. The van der Waals surface area contributed by atoms with Crippen LogP contribution in [-0.4, -0.2) is 72.3 Å². The first-order valence-corrected chi connectivity index (χ1v) is 21.3. The number of unbranched alkanes of at least 4 members (excludes halogenated alkanes) is 2. The van der Waals surface area contributed by atoms with Crippen molar-refractivity contribution in [2.24, 2.45) is 5.92 Å². The molecule has 3 N–H and O–H groups in total. The zero-order chi connectivity index (χ0) is 45.9. The number of esters is 1. The van der Waals surface area contributed by atoms with Crippen LogP contribution < -0.4 is 20.7 Å². The van der Waals surface area contributed by atoms with Crippen molar-refractivity contribution in [1.82, 2.24) is 21.0 Å². The van der Waals surface area contributed by atoms with Gasteiger partial charge in [0.25, 0.3) is 11.8 Å². The summed E-state index contributed by atoms with van der Waals surface area (Å²) >= 11 is 0. The number of benzene rings is 3. The standard InChI is InChI=1S/C48H58N4O11/c1-7-10-12-21-37(40(8-2)52(30-53)63-47(58)36-20-16-15-19-35(36)31(4)5)44(55)49-29-50-46(57)42-25-24-41(62-42)34-22-23-38(43(27-34)60-9-3)45(56)51-39(26-32(6)54)48(59)61-28-33-17-13-11-14-18-33/h11,13-20,22-25,27,30-31,37,39-40H,7-10,12,21,26,28-29H2,1-6H3,(H,49,55)(H,50,57)(H,51,56)/t37-,39+,40-/m1/s1. The van der Waals surface area contributed by atoms with Gasteiger partial charge in [-0.15, -0.1) is 0 Å². The molecule has 0 spiro atoms. The van der Waals surface area contributed by atoms with Crippen molar-refractivity contribution in [1.29, 1.82) is 0 Å². The first kappa shape index (κ1) is 48.9. The molecule has 336 valence electrons. The monoisotopic (exact) mass is 866 g/mol. The number of nitrogens with one attached hydrogen (secondary N) is 3. The van der Waals surface area contributed by atoms with Gasteiger partial charge < -0.3 is 34.7 Å². The van der Waals surface area contributed by atoms with E-state index < -0.39 is 47.7 Å². The second-order valence-corrected chi connectivity index (χ2v) is 15.2. The molecule has 0 aliphatic heterocycles. The van der Waals surface area contributed by atoms with Gasteiger partial charge in [0, 0.05) is 12.0 Å². The Bertz CT molecular complexity index is 2190. The fourth-order valence-electron chi connectivity index (χ4n) is 6.98. The molecular formula is C48H58N4O11. The number of Topliss-reactive ketones (excluding diaryl/α,β-unsaturated/α-hetero) is 1. The molecule has 4 amide bonds. The fraction of sp³-hybridized carbons (Fsp3) is 0.396. The van der Waals surface area contributed by atoms with E-state index in [0.29, 0.717) is 36.8 Å². The molecule has 1 heterocycles. The summed E-state index contributed by atoms with van der Waals surface area (Å²) in [5, 5.41) is 8.89. The van der Waals surface area contributed by atoms with E-state index in [1.165, 1.54) is 19.1 Å². The second kappa shape index (κ2) is 24.6. The third-order valence-electron chi connectivity index (χ3n) is 10.2. The lowest BCUT2D eigenvalue weighted by Crippen LogP contribution is -2.49. The summed E-state index contributed by atoms with van der Waals surface area (Å²) in [6, 6.07) is 21.6. The molecule has 63 heavy (non-hydrogen) atoms. The Morgan fingerprint density at radius 1 is 0.825 bits per heavy atom. The van der Waals surface area contributed by atoms with Crippen molar-refractivity contribution in [3.63, 3.8) is 0 Å².